The number of halogens is 1. The molecular weight excluding hydrogens is 214 g/mol. The van der Waals surface area contributed by atoms with Crippen LogP contribution in [0.25, 0.3) is 0 Å². The van der Waals surface area contributed by atoms with Crippen molar-refractivity contribution in [2.24, 2.45) is 11.1 Å². The first-order valence-electron chi connectivity index (χ1n) is 4.81. The molecule has 1 atom stereocenters. The quantitative estimate of drug-likeness (QED) is 0.813. The Balaban J connectivity index is 2.75. The SMILES string of the molecule is Cc1cc(C(N)CC(C)(C)C)sc1Cl. The van der Waals surface area contributed by atoms with Crippen LogP contribution >= 0.6 is 22.9 Å². The van der Waals surface area contributed by atoms with Crippen molar-refractivity contribution < 1.29 is 0 Å². The first-order valence-corrected chi connectivity index (χ1v) is 6.00. The standard InChI is InChI=1S/C11H18ClNS/c1-7-5-9(14-10(7)12)8(13)6-11(2,3)4/h5,8H,6,13H2,1-4H3. The number of hydrogen-bond donors (Lipinski definition) is 1. The van der Waals surface area contributed by atoms with Crippen molar-refractivity contribution in [3.8, 4) is 0 Å². The fourth-order valence-corrected chi connectivity index (χ4v) is 2.65. The second-order valence-electron chi connectivity index (χ2n) is 4.98. The van der Waals surface area contributed by atoms with Crippen molar-refractivity contribution in [1.29, 1.82) is 0 Å². The number of rotatable bonds is 2. The van der Waals surface area contributed by atoms with Crippen LogP contribution in [0.3, 0.4) is 0 Å². The van der Waals surface area contributed by atoms with Crippen LogP contribution in [-0.2, 0) is 0 Å². The van der Waals surface area contributed by atoms with Crippen molar-refractivity contribution in [1.82, 2.24) is 0 Å². The molecular formula is C11H18ClNS. The summed E-state index contributed by atoms with van der Waals surface area (Å²) in [6.45, 7) is 8.63. The lowest BCUT2D eigenvalue weighted by Gasteiger charge is -2.22. The Hall–Kier alpha value is -0.0500. The Labute approximate surface area is 95.3 Å². The molecule has 1 unspecified atom stereocenters. The van der Waals surface area contributed by atoms with Gasteiger partial charge in [0.1, 0.15) is 0 Å². The summed E-state index contributed by atoms with van der Waals surface area (Å²) in [6, 6.07) is 2.22. The molecule has 2 N–H and O–H groups in total. The van der Waals surface area contributed by atoms with E-state index in [0.717, 1.165) is 16.3 Å². The molecule has 0 saturated carbocycles. The van der Waals surface area contributed by atoms with Gasteiger partial charge in [0, 0.05) is 10.9 Å². The van der Waals surface area contributed by atoms with E-state index >= 15 is 0 Å². The summed E-state index contributed by atoms with van der Waals surface area (Å²) in [5.74, 6) is 0. The zero-order valence-corrected chi connectivity index (χ0v) is 10.8. The van der Waals surface area contributed by atoms with Gasteiger partial charge in [-0.05, 0) is 30.4 Å². The topological polar surface area (TPSA) is 26.0 Å². The van der Waals surface area contributed by atoms with Gasteiger partial charge in [-0.1, -0.05) is 32.4 Å². The molecule has 0 aliphatic carbocycles. The molecule has 0 aliphatic heterocycles. The third-order valence-electron chi connectivity index (χ3n) is 2.07. The summed E-state index contributed by atoms with van der Waals surface area (Å²) in [7, 11) is 0. The molecule has 0 spiro atoms. The van der Waals surface area contributed by atoms with E-state index < -0.39 is 0 Å². The minimum Gasteiger partial charge on any atom is -0.323 e. The van der Waals surface area contributed by atoms with Gasteiger partial charge in [-0.15, -0.1) is 11.3 Å². The van der Waals surface area contributed by atoms with Crippen LogP contribution in [0.5, 0.6) is 0 Å². The number of hydrogen-bond acceptors (Lipinski definition) is 2. The third kappa shape index (κ3) is 3.26. The molecule has 1 aromatic heterocycles. The smallest absolute Gasteiger partial charge is 0.0960 e. The second kappa shape index (κ2) is 4.21. The van der Waals surface area contributed by atoms with Gasteiger partial charge in [0.25, 0.3) is 0 Å². The Kier molecular flexibility index (Phi) is 3.62. The second-order valence-corrected chi connectivity index (χ2v) is 6.66. The van der Waals surface area contributed by atoms with E-state index in [1.165, 1.54) is 4.88 Å². The van der Waals surface area contributed by atoms with Crippen LogP contribution in [0.1, 0.15) is 43.7 Å². The van der Waals surface area contributed by atoms with Gasteiger partial charge < -0.3 is 5.73 Å². The molecule has 14 heavy (non-hydrogen) atoms. The highest BCUT2D eigenvalue weighted by atomic mass is 35.5. The normalized spacial score (nSPS) is 14.4. The first-order chi connectivity index (χ1) is 6.29. The third-order valence-corrected chi connectivity index (χ3v) is 3.76. The molecule has 80 valence electrons. The van der Waals surface area contributed by atoms with E-state index in [9.17, 15) is 0 Å². The molecule has 0 aliphatic rings. The summed E-state index contributed by atoms with van der Waals surface area (Å²) in [6.07, 6.45) is 0.989. The largest absolute Gasteiger partial charge is 0.323 e. The van der Waals surface area contributed by atoms with Crippen LogP contribution in [-0.4, -0.2) is 0 Å². The Morgan fingerprint density at radius 1 is 1.50 bits per heavy atom. The van der Waals surface area contributed by atoms with Crippen molar-refractivity contribution in [2.45, 2.75) is 40.2 Å². The molecule has 1 heterocycles. The van der Waals surface area contributed by atoms with Crippen molar-refractivity contribution >= 4 is 22.9 Å². The van der Waals surface area contributed by atoms with Crippen LogP contribution in [0.4, 0.5) is 0 Å². The average molecular weight is 232 g/mol. The lowest BCUT2D eigenvalue weighted by atomic mass is 9.88. The van der Waals surface area contributed by atoms with E-state index in [-0.39, 0.29) is 11.5 Å². The lowest BCUT2D eigenvalue weighted by Crippen LogP contribution is -2.17. The Morgan fingerprint density at radius 2 is 2.07 bits per heavy atom. The van der Waals surface area contributed by atoms with E-state index in [2.05, 4.69) is 26.8 Å². The molecule has 0 amide bonds. The maximum absolute atomic E-state index is 6.12. The molecule has 0 fully saturated rings. The van der Waals surface area contributed by atoms with Crippen LogP contribution in [0.2, 0.25) is 4.34 Å². The van der Waals surface area contributed by atoms with E-state index in [1.54, 1.807) is 11.3 Å². The van der Waals surface area contributed by atoms with E-state index in [0.29, 0.717) is 0 Å². The summed E-state index contributed by atoms with van der Waals surface area (Å²) in [5, 5.41) is 0. The van der Waals surface area contributed by atoms with Crippen LogP contribution in [0.15, 0.2) is 6.07 Å². The fourth-order valence-electron chi connectivity index (χ4n) is 1.43. The van der Waals surface area contributed by atoms with Gasteiger partial charge >= 0.3 is 0 Å². The van der Waals surface area contributed by atoms with Gasteiger partial charge in [-0.3, -0.25) is 0 Å². The molecule has 0 radical (unpaired) electrons. The minimum absolute atomic E-state index is 0.117. The molecule has 0 bridgehead atoms. The van der Waals surface area contributed by atoms with Gasteiger partial charge in [0.15, 0.2) is 0 Å². The predicted octanol–water partition coefficient (Wildman–Crippen LogP) is 4.15. The Bertz CT molecular complexity index is 292. The van der Waals surface area contributed by atoms with Gasteiger partial charge in [-0.25, -0.2) is 0 Å². The highest BCUT2D eigenvalue weighted by molar-refractivity contribution is 7.16. The van der Waals surface area contributed by atoms with Crippen molar-refractivity contribution in [2.75, 3.05) is 0 Å². The molecule has 1 nitrogen and oxygen atoms in total. The molecule has 3 heteroatoms. The highest BCUT2D eigenvalue weighted by Crippen LogP contribution is 2.35. The summed E-state index contributed by atoms with van der Waals surface area (Å²) in [5.41, 5.74) is 7.52. The van der Waals surface area contributed by atoms with Crippen molar-refractivity contribution in [3.63, 3.8) is 0 Å². The van der Waals surface area contributed by atoms with Gasteiger partial charge in [0.05, 0.1) is 4.34 Å². The molecule has 1 aromatic rings. The zero-order chi connectivity index (χ0) is 10.9. The maximum atomic E-state index is 6.12. The summed E-state index contributed by atoms with van der Waals surface area (Å²) < 4.78 is 0.865. The molecule has 1 rings (SSSR count). The predicted molar refractivity (Wildman–Crippen MR) is 65.1 cm³/mol. The lowest BCUT2D eigenvalue weighted by molar-refractivity contribution is 0.345. The fraction of sp³-hybridized carbons (Fsp3) is 0.636. The van der Waals surface area contributed by atoms with Gasteiger partial charge in [-0.2, -0.15) is 0 Å². The monoisotopic (exact) mass is 231 g/mol. The van der Waals surface area contributed by atoms with E-state index in [4.69, 9.17) is 17.3 Å². The van der Waals surface area contributed by atoms with Crippen molar-refractivity contribution in [3.05, 3.63) is 20.8 Å². The maximum Gasteiger partial charge on any atom is 0.0960 e. The number of thiophene rings is 1. The first kappa shape index (κ1) is 12.0. The van der Waals surface area contributed by atoms with Crippen LogP contribution in [0, 0.1) is 12.3 Å². The molecule has 0 aromatic carbocycles. The molecule has 0 saturated heterocycles. The zero-order valence-electron chi connectivity index (χ0n) is 9.23. The average Bonchev–Trinajstić information content (AvgIpc) is 2.28. The summed E-state index contributed by atoms with van der Waals surface area (Å²) >= 11 is 7.61. The van der Waals surface area contributed by atoms with Crippen LogP contribution < -0.4 is 5.73 Å². The van der Waals surface area contributed by atoms with Gasteiger partial charge in [0.2, 0.25) is 0 Å². The number of aryl methyl sites for hydroxylation is 1. The minimum atomic E-state index is 0.117. The highest BCUT2D eigenvalue weighted by Gasteiger charge is 2.18. The Morgan fingerprint density at radius 3 is 2.43 bits per heavy atom. The summed E-state index contributed by atoms with van der Waals surface area (Å²) in [4.78, 5) is 1.20. The number of nitrogens with two attached hydrogens (primary N) is 1. The van der Waals surface area contributed by atoms with E-state index in [1.807, 2.05) is 6.92 Å².